The molecule has 0 saturated carbocycles. The quantitative estimate of drug-likeness (QED) is 0.795. The van der Waals surface area contributed by atoms with Crippen LogP contribution >= 0.6 is 0 Å². The SMILES string of the molecule is CC(C)OC(=O)[C@H](Cn1ccnc1)NC(=O)c1ccc2c(c1)OCO2. The molecule has 1 aromatic heterocycles. The number of imidazole rings is 1. The Balaban J connectivity index is 1.74. The number of aromatic nitrogens is 2. The molecule has 8 heteroatoms. The minimum atomic E-state index is -0.838. The molecule has 0 saturated heterocycles. The Morgan fingerprint density at radius 2 is 2.12 bits per heavy atom. The number of esters is 1. The van der Waals surface area contributed by atoms with Gasteiger partial charge in [-0.3, -0.25) is 4.79 Å². The highest BCUT2D eigenvalue weighted by molar-refractivity contribution is 5.97. The Morgan fingerprint density at radius 3 is 2.84 bits per heavy atom. The summed E-state index contributed by atoms with van der Waals surface area (Å²) in [5.41, 5.74) is 0.372. The van der Waals surface area contributed by atoms with E-state index < -0.39 is 17.9 Å². The van der Waals surface area contributed by atoms with E-state index in [1.807, 2.05) is 0 Å². The van der Waals surface area contributed by atoms with Gasteiger partial charge in [0.1, 0.15) is 6.04 Å². The molecule has 1 atom stereocenters. The lowest BCUT2D eigenvalue weighted by Crippen LogP contribution is -2.45. The van der Waals surface area contributed by atoms with Gasteiger partial charge in [-0.15, -0.1) is 0 Å². The highest BCUT2D eigenvalue weighted by Crippen LogP contribution is 2.32. The number of fused-ring (bicyclic) bond motifs is 1. The van der Waals surface area contributed by atoms with Gasteiger partial charge in [-0.1, -0.05) is 0 Å². The molecule has 0 aliphatic carbocycles. The number of rotatable bonds is 6. The Bertz CT molecular complexity index is 758. The van der Waals surface area contributed by atoms with E-state index in [1.54, 1.807) is 55.3 Å². The summed E-state index contributed by atoms with van der Waals surface area (Å²) in [6, 6.07) is 4.02. The maximum absolute atomic E-state index is 12.5. The second-order valence-corrected chi connectivity index (χ2v) is 5.84. The lowest BCUT2D eigenvalue weighted by atomic mass is 10.1. The third-order valence-corrected chi connectivity index (χ3v) is 3.53. The smallest absolute Gasteiger partial charge is 0.330 e. The van der Waals surface area contributed by atoms with Crippen molar-refractivity contribution in [3.63, 3.8) is 0 Å². The second kappa shape index (κ2) is 7.25. The molecular weight excluding hydrogens is 326 g/mol. The Kier molecular flexibility index (Phi) is 4.87. The van der Waals surface area contributed by atoms with Crippen molar-refractivity contribution >= 4 is 11.9 Å². The molecule has 0 spiro atoms. The van der Waals surface area contributed by atoms with E-state index in [-0.39, 0.29) is 19.4 Å². The van der Waals surface area contributed by atoms with Crippen LogP contribution in [0.15, 0.2) is 36.9 Å². The maximum atomic E-state index is 12.5. The second-order valence-electron chi connectivity index (χ2n) is 5.84. The zero-order chi connectivity index (χ0) is 17.8. The van der Waals surface area contributed by atoms with Crippen LogP contribution in [-0.4, -0.2) is 40.4 Å². The molecule has 0 radical (unpaired) electrons. The Labute approximate surface area is 144 Å². The summed E-state index contributed by atoms with van der Waals surface area (Å²) in [6.07, 6.45) is 4.61. The zero-order valence-corrected chi connectivity index (χ0v) is 14.0. The fraction of sp³-hybridized carbons (Fsp3) is 0.353. The summed E-state index contributed by atoms with van der Waals surface area (Å²) in [4.78, 5) is 28.8. The molecule has 1 aliphatic rings. The number of nitrogens with one attached hydrogen (secondary N) is 1. The number of ether oxygens (including phenoxy) is 3. The third kappa shape index (κ3) is 4.09. The van der Waals surface area contributed by atoms with Crippen LogP contribution in [0.1, 0.15) is 24.2 Å². The van der Waals surface area contributed by atoms with Crippen molar-refractivity contribution in [3.05, 3.63) is 42.5 Å². The van der Waals surface area contributed by atoms with E-state index in [0.29, 0.717) is 17.1 Å². The monoisotopic (exact) mass is 345 g/mol. The predicted octanol–water partition coefficient (Wildman–Crippen LogP) is 1.36. The fourth-order valence-electron chi connectivity index (χ4n) is 2.38. The minimum absolute atomic E-state index is 0.129. The van der Waals surface area contributed by atoms with Crippen LogP contribution in [0, 0.1) is 0 Å². The van der Waals surface area contributed by atoms with Crippen molar-refractivity contribution in [2.24, 2.45) is 0 Å². The summed E-state index contributed by atoms with van der Waals surface area (Å²) >= 11 is 0. The first-order valence-electron chi connectivity index (χ1n) is 7.89. The van der Waals surface area contributed by atoms with E-state index >= 15 is 0 Å². The van der Waals surface area contributed by atoms with Crippen LogP contribution in [0.5, 0.6) is 11.5 Å². The van der Waals surface area contributed by atoms with Crippen LogP contribution in [0.3, 0.4) is 0 Å². The average molecular weight is 345 g/mol. The molecule has 0 bridgehead atoms. The van der Waals surface area contributed by atoms with Crippen molar-refractivity contribution in [2.45, 2.75) is 32.5 Å². The lowest BCUT2D eigenvalue weighted by Gasteiger charge is -2.19. The van der Waals surface area contributed by atoms with Crippen LogP contribution in [-0.2, 0) is 16.1 Å². The van der Waals surface area contributed by atoms with Crippen LogP contribution in [0.2, 0.25) is 0 Å². The van der Waals surface area contributed by atoms with Gasteiger partial charge >= 0.3 is 5.97 Å². The van der Waals surface area contributed by atoms with Gasteiger partial charge in [-0.2, -0.15) is 0 Å². The molecule has 3 rings (SSSR count). The summed E-state index contributed by atoms with van der Waals surface area (Å²) < 4.78 is 17.4. The van der Waals surface area contributed by atoms with Crippen molar-refractivity contribution in [2.75, 3.05) is 6.79 Å². The zero-order valence-electron chi connectivity index (χ0n) is 14.0. The van der Waals surface area contributed by atoms with Gasteiger partial charge in [0.25, 0.3) is 5.91 Å². The van der Waals surface area contributed by atoms with Gasteiger partial charge in [0.2, 0.25) is 6.79 Å². The lowest BCUT2D eigenvalue weighted by molar-refractivity contribution is -0.150. The van der Waals surface area contributed by atoms with Gasteiger partial charge < -0.3 is 24.1 Å². The fourth-order valence-corrected chi connectivity index (χ4v) is 2.38. The van der Waals surface area contributed by atoms with Gasteiger partial charge in [0.05, 0.1) is 19.0 Å². The molecule has 8 nitrogen and oxygen atoms in total. The molecule has 2 heterocycles. The normalized spacial score (nSPS) is 13.6. The molecule has 1 aromatic carbocycles. The first kappa shape index (κ1) is 16.8. The van der Waals surface area contributed by atoms with Crippen LogP contribution in [0.25, 0.3) is 0 Å². The molecule has 0 unspecified atom stereocenters. The van der Waals surface area contributed by atoms with E-state index in [2.05, 4.69) is 10.3 Å². The van der Waals surface area contributed by atoms with E-state index in [9.17, 15) is 9.59 Å². The molecule has 1 N–H and O–H groups in total. The molecule has 25 heavy (non-hydrogen) atoms. The highest BCUT2D eigenvalue weighted by atomic mass is 16.7. The summed E-state index contributed by atoms with van der Waals surface area (Å²) in [7, 11) is 0. The van der Waals surface area contributed by atoms with E-state index in [1.165, 1.54) is 0 Å². The average Bonchev–Trinajstić information content (AvgIpc) is 3.24. The summed E-state index contributed by atoms with van der Waals surface area (Å²) in [6.45, 7) is 3.86. The number of nitrogens with zero attached hydrogens (tertiary/aromatic N) is 2. The van der Waals surface area contributed by atoms with Crippen LogP contribution in [0.4, 0.5) is 0 Å². The van der Waals surface area contributed by atoms with Crippen LogP contribution < -0.4 is 14.8 Å². The minimum Gasteiger partial charge on any atom is -0.461 e. The topological polar surface area (TPSA) is 91.7 Å². The first-order chi connectivity index (χ1) is 12.0. The molecule has 1 amide bonds. The largest absolute Gasteiger partial charge is 0.461 e. The molecule has 132 valence electrons. The summed E-state index contributed by atoms with van der Waals surface area (Å²) in [5.74, 6) is 0.191. The van der Waals surface area contributed by atoms with Gasteiger partial charge in [-0.05, 0) is 32.0 Å². The standard InChI is InChI=1S/C17H19N3O5/c1-11(2)25-17(22)13(8-20-6-5-18-9-20)19-16(21)12-3-4-14-15(7-12)24-10-23-14/h3-7,9,11,13H,8,10H2,1-2H3,(H,19,21)/t13-/m0/s1. The molecule has 1 aliphatic heterocycles. The molecule has 2 aromatic rings. The Hall–Kier alpha value is -3.03. The van der Waals surface area contributed by atoms with Gasteiger partial charge in [0.15, 0.2) is 11.5 Å². The molecule has 0 fully saturated rings. The third-order valence-electron chi connectivity index (χ3n) is 3.53. The number of carbonyl (C=O) groups is 2. The molecular formula is C17H19N3O5. The summed E-state index contributed by atoms with van der Waals surface area (Å²) in [5, 5.41) is 2.71. The number of hydrogen-bond donors (Lipinski definition) is 1. The van der Waals surface area contributed by atoms with Crippen molar-refractivity contribution in [1.82, 2.24) is 14.9 Å². The van der Waals surface area contributed by atoms with Gasteiger partial charge in [-0.25, -0.2) is 9.78 Å². The van der Waals surface area contributed by atoms with Crippen molar-refractivity contribution in [1.29, 1.82) is 0 Å². The van der Waals surface area contributed by atoms with Crippen molar-refractivity contribution < 1.29 is 23.8 Å². The number of amides is 1. The van der Waals surface area contributed by atoms with Crippen molar-refractivity contribution in [3.8, 4) is 11.5 Å². The highest BCUT2D eigenvalue weighted by Gasteiger charge is 2.25. The number of benzene rings is 1. The Morgan fingerprint density at radius 1 is 1.32 bits per heavy atom. The first-order valence-corrected chi connectivity index (χ1v) is 7.89. The van der Waals surface area contributed by atoms with E-state index in [4.69, 9.17) is 14.2 Å². The number of hydrogen-bond acceptors (Lipinski definition) is 6. The van der Waals surface area contributed by atoms with E-state index in [0.717, 1.165) is 0 Å². The maximum Gasteiger partial charge on any atom is 0.330 e. The number of carbonyl (C=O) groups excluding carboxylic acids is 2. The predicted molar refractivity (Wildman–Crippen MR) is 87.3 cm³/mol. The van der Waals surface area contributed by atoms with Gasteiger partial charge in [0, 0.05) is 18.0 Å².